The molecule has 0 aliphatic carbocycles. The molecule has 6 nitrogen and oxygen atoms in total. The molecule has 6 heteroatoms. The van der Waals surface area contributed by atoms with Crippen molar-refractivity contribution in [2.24, 2.45) is 0 Å². The number of hydrogen-bond acceptors (Lipinski definition) is 4. The maximum Gasteiger partial charge on any atom is 0.138 e. The molecule has 0 fully saturated rings. The van der Waals surface area contributed by atoms with E-state index in [0.717, 1.165) is 78.0 Å². The van der Waals surface area contributed by atoms with Gasteiger partial charge in [0.2, 0.25) is 0 Å². The Balaban J connectivity index is 1.11. The quantitative estimate of drug-likeness (QED) is 0.214. The van der Waals surface area contributed by atoms with Crippen LogP contribution in [0.1, 0.15) is 0 Å². The lowest BCUT2D eigenvalue weighted by Gasteiger charge is -2.10. The molecule has 6 aromatic heterocycles. The van der Waals surface area contributed by atoms with Crippen LogP contribution in [0.5, 0.6) is 0 Å². The van der Waals surface area contributed by atoms with Crippen molar-refractivity contribution in [3.63, 3.8) is 0 Å². The van der Waals surface area contributed by atoms with Gasteiger partial charge in [-0.05, 0) is 72.8 Å². The van der Waals surface area contributed by atoms with Crippen molar-refractivity contribution in [3.05, 3.63) is 146 Å². The Labute approximate surface area is 252 Å². The lowest BCUT2D eigenvalue weighted by atomic mass is 10.1. The summed E-state index contributed by atoms with van der Waals surface area (Å²) in [6.45, 7) is 0. The van der Waals surface area contributed by atoms with Crippen LogP contribution in [0.3, 0.4) is 0 Å². The SMILES string of the molecule is c1cc(-c2ccc(-n3c4ccccc4c4ncccc43)cc2)nc(-c2cccc(-n3c4ccccc4c4ncccc43)n2)c1. The lowest BCUT2D eigenvalue weighted by Crippen LogP contribution is -1.99. The van der Waals surface area contributed by atoms with E-state index in [1.165, 1.54) is 0 Å². The molecule has 9 aromatic rings. The van der Waals surface area contributed by atoms with Gasteiger partial charge in [0.15, 0.2) is 0 Å². The van der Waals surface area contributed by atoms with E-state index >= 15 is 0 Å². The van der Waals surface area contributed by atoms with E-state index in [0.29, 0.717) is 0 Å². The van der Waals surface area contributed by atoms with Crippen LogP contribution in [-0.4, -0.2) is 29.1 Å². The number of pyridine rings is 4. The standard InChI is InChI=1S/C38H24N6/c1-3-14-32-27(9-1)37-34(16-7-23-39-37)43(32)26-21-19-25(20-22-26)29-11-5-12-30(41-29)31-13-6-18-36(42-31)44-33-15-4-2-10-28(33)38-35(44)17-8-24-40-38/h1-24H. The van der Waals surface area contributed by atoms with Gasteiger partial charge in [0.05, 0.1) is 50.2 Å². The molecule has 0 spiro atoms. The largest absolute Gasteiger partial charge is 0.308 e. The molecule has 0 aliphatic rings. The summed E-state index contributed by atoms with van der Waals surface area (Å²) in [7, 11) is 0. The van der Waals surface area contributed by atoms with Crippen LogP contribution in [-0.2, 0) is 0 Å². The minimum Gasteiger partial charge on any atom is -0.308 e. The third-order valence-electron chi connectivity index (χ3n) is 8.25. The fourth-order valence-corrected chi connectivity index (χ4v) is 6.30. The molecule has 0 bridgehead atoms. The summed E-state index contributed by atoms with van der Waals surface area (Å²) >= 11 is 0. The predicted octanol–water partition coefficient (Wildman–Crippen LogP) is 8.79. The Morgan fingerprint density at radius 3 is 1.64 bits per heavy atom. The molecule has 0 radical (unpaired) electrons. The van der Waals surface area contributed by atoms with Gasteiger partial charge < -0.3 is 4.57 Å². The zero-order chi connectivity index (χ0) is 29.0. The molecule has 206 valence electrons. The normalized spacial score (nSPS) is 11.6. The minimum absolute atomic E-state index is 0.813. The number of aromatic nitrogens is 6. The van der Waals surface area contributed by atoms with Gasteiger partial charge in [-0.3, -0.25) is 14.5 Å². The minimum atomic E-state index is 0.813. The molecule has 9 rings (SSSR count). The first-order chi connectivity index (χ1) is 21.8. The van der Waals surface area contributed by atoms with E-state index < -0.39 is 0 Å². The maximum atomic E-state index is 5.09. The fourth-order valence-electron chi connectivity index (χ4n) is 6.30. The summed E-state index contributed by atoms with van der Waals surface area (Å²) in [6, 6.07) is 45.7. The van der Waals surface area contributed by atoms with Gasteiger partial charge in [-0.15, -0.1) is 0 Å². The number of benzene rings is 3. The van der Waals surface area contributed by atoms with Crippen LogP contribution in [0.4, 0.5) is 0 Å². The van der Waals surface area contributed by atoms with Crippen LogP contribution in [0.25, 0.3) is 78.0 Å². The highest BCUT2D eigenvalue weighted by Crippen LogP contribution is 2.33. The topological polar surface area (TPSA) is 61.4 Å². The summed E-state index contributed by atoms with van der Waals surface area (Å²) in [4.78, 5) is 19.5. The summed E-state index contributed by atoms with van der Waals surface area (Å²) in [5.41, 5.74) is 11.0. The van der Waals surface area contributed by atoms with Crippen molar-refractivity contribution >= 4 is 43.9 Å². The van der Waals surface area contributed by atoms with Crippen molar-refractivity contribution < 1.29 is 0 Å². The van der Waals surface area contributed by atoms with E-state index in [2.05, 4.69) is 98.0 Å². The first kappa shape index (κ1) is 24.5. The van der Waals surface area contributed by atoms with Gasteiger partial charge in [0.1, 0.15) is 5.82 Å². The molecule has 0 unspecified atom stereocenters. The van der Waals surface area contributed by atoms with Gasteiger partial charge in [-0.25, -0.2) is 9.97 Å². The molecule has 3 aromatic carbocycles. The smallest absolute Gasteiger partial charge is 0.138 e. The highest BCUT2D eigenvalue weighted by atomic mass is 15.1. The van der Waals surface area contributed by atoms with Crippen molar-refractivity contribution in [2.45, 2.75) is 0 Å². The second-order valence-corrected chi connectivity index (χ2v) is 10.8. The van der Waals surface area contributed by atoms with Crippen LogP contribution >= 0.6 is 0 Å². The first-order valence-corrected chi connectivity index (χ1v) is 14.6. The van der Waals surface area contributed by atoms with E-state index in [1.54, 1.807) is 0 Å². The monoisotopic (exact) mass is 564 g/mol. The van der Waals surface area contributed by atoms with Crippen LogP contribution in [0.2, 0.25) is 0 Å². The van der Waals surface area contributed by atoms with Crippen molar-refractivity contribution in [1.29, 1.82) is 0 Å². The lowest BCUT2D eigenvalue weighted by molar-refractivity contribution is 1.08. The molecule has 0 N–H and O–H groups in total. The van der Waals surface area contributed by atoms with Crippen LogP contribution in [0, 0.1) is 0 Å². The Hall–Kier alpha value is -6.14. The first-order valence-electron chi connectivity index (χ1n) is 14.6. The van der Waals surface area contributed by atoms with Gasteiger partial charge in [-0.1, -0.05) is 60.7 Å². The Kier molecular flexibility index (Phi) is 5.40. The van der Waals surface area contributed by atoms with E-state index in [-0.39, 0.29) is 0 Å². The highest BCUT2D eigenvalue weighted by molar-refractivity contribution is 6.07. The van der Waals surface area contributed by atoms with E-state index in [4.69, 9.17) is 9.97 Å². The summed E-state index contributed by atoms with van der Waals surface area (Å²) in [6.07, 6.45) is 3.69. The Bertz CT molecular complexity index is 2400. The number of para-hydroxylation sites is 2. The molecular formula is C38H24N6. The summed E-state index contributed by atoms with van der Waals surface area (Å²) < 4.78 is 4.44. The fraction of sp³-hybridized carbons (Fsp3) is 0. The summed E-state index contributed by atoms with van der Waals surface area (Å²) in [5, 5.41) is 2.25. The van der Waals surface area contributed by atoms with Crippen molar-refractivity contribution in [1.82, 2.24) is 29.1 Å². The maximum absolute atomic E-state index is 5.09. The summed E-state index contributed by atoms with van der Waals surface area (Å²) in [5.74, 6) is 0.832. The van der Waals surface area contributed by atoms with Crippen molar-refractivity contribution in [2.75, 3.05) is 0 Å². The number of rotatable bonds is 4. The Morgan fingerprint density at radius 2 is 0.932 bits per heavy atom. The predicted molar refractivity (Wildman–Crippen MR) is 177 cm³/mol. The van der Waals surface area contributed by atoms with Crippen molar-refractivity contribution in [3.8, 4) is 34.2 Å². The van der Waals surface area contributed by atoms with E-state index in [9.17, 15) is 0 Å². The van der Waals surface area contributed by atoms with Gasteiger partial charge >= 0.3 is 0 Å². The van der Waals surface area contributed by atoms with Gasteiger partial charge in [0.25, 0.3) is 0 Å². The molecule has 0 saturated carbocycles. The third kappa shape index (κ3) is 3.75. The molecule has 0 amide bonds. The molecule has 44 heavy (non-hydrogen) atoms. The zero-order valence-corrected chi connectivity index (χ0v) is 23.5. The molecule has 6 heterocycles. The molecule has 0 atom stereocenters. The van der Waals surface area contributed by atoms with Gasteiger partial charge in [0, 0.05) is 34.4 Å². The average molecular weight is 565 g/mol. The average Bonchev–Trinajstić information content (AvgIpc) is 3.62. The second-order valence-electron chi connectivity index (χ2n) is 10.8. The van der Waals surface area contributed by atoms with Crippen LogP contribution < -0.4 is 0 Å². The van der Waals surface area contributed by atoms with Gasteiger partial charge in [-0.2, -0.15) is 0 Å². The number of hydrogen-bond donors (Lipinski definition) is 0. The zero-order valence-electron chi connectivity index (χ0n) is 23.5. The Morgan fingerprint density at radius 1 is 0.386 bits per heavy atom. The van der Waals surface area contributed by atoms with E-state index in [1.807, 2.05) is 67.0 Å². The molecular weight excluding hydrogens is 540 g/mol. The highest BCUT2D eigenvalue weighted by Gasteiger charge is 2.15. The second kappa shape index (κ2) is 9.71. The number of nitrogens with zero attached hydrogens (tertiary/aromatic N) is 6. The third-order valence-corrected chi connectivity index (χ3v) is 8.25. The number of fused-ring (bicyclic) bond motifs is 6. The van der Waals surface area contributed by atoms with Crippen LogP contribution in [0.15, 0.2) is 146 Å². The molecule has 0 aliphatic heterocycles. The molecule has 0 saturated heterocycles.